The van der Waals surface area contributed by atoms with Gasteiger partial charge in [0.05, 0.1) is 6.61 Å². The summed E-state index contributed by atoms with van der Waals surface area (Å²) in [5.74, 6) is 0.281. The van der Waals surface area contributed by atoms with Crippen LogP contribution >= 0.6 is 0 Å². The minimum Gasteiger partial charge on any atom is -0.395 e. The molecule has 5 heteroatoms. The molecule has 1 unspecified atom stereocenters. The average molecular weight is 196 g/mol. The predicted octanol–water partition coefficient (Wildman–Crippen LogP) is -0.0807. The van der Waals surface area contributed by atoms with Crippen LogP contribution in [0, 0.1) is 0 Å². The van der Waals surface area contributed by atoms with Crippen LogP contribution in [-0.2, 0) is 6.54 Å². The summed E-state index contributed by atoms with van der Waals surface area (Å²) in [5, 5.41) is 12.1. The second kappa shape index (κ2) is 5.51. The first-order valence-electron chi connectivity index (χ1n) is 4.67. The molecule has 0 aliphatic rings. The lowest BCUT2D eigenvalue weighted by Gasteiger charge is -2.13. The van der Waals surface area contributed by atoms with E-state index in [4.69, 9.17) is 10.8 Å². The van der Waals surface area contributed by atoms with Crippen LogP contribution in [0.3, 0.4) is 0 Å². The van der Waals surface area contributed by atoms with E-state index in [1.165, 1.54) is 0 Å². The number of hydrogen-bond donors (Lipinski definition) is 3. The molecule has 1 atom stereocenters. The van der Waals surface area contributed by atoms with Crippen LogP contribution in [0.2, 0.25) is 0 Å². The van der Waals surface area contributed by atoms with Crippen molar-refractivity contribution in [1.82, 2.24) is 15.3 Å². The Morgan fingerprint density at radius 3 is 2.64 bits per heavy atom. The largest absolute Gasteiger partial charge is 0.395 e. The fourth-order valence-corrected chi connectivity index (χ4v) is 1.06. The third kappa shape index (κ3) is 3.27. The number of nitrogens with two attached hydrogens (primary N) is 1. The molecule has 78 valence electrons. The van der Waals surface area contributed by atoms with Gasteiger partial charge < -0.3 is 16.2 Å². The summed E-state index contributed by atoms with van der Waals surface area (Å²) >= 11 is 0. The summed E-state index contributed by atoms with van der Waals surface area (Å²) in [6.07, 6.45) is 4.26. The molecule has 1 aromatic heterocycles. The third-order valence-corrected chi connectivity index (χ3v) is 2.03. The minimum atomic E-state index is 0.132. The van der Waals surface area contributed by atoms with Crippen LogP contribution < -0.4 is 11.1 Å². The summed E-state index contributed by atoms with van der Waals surface area (Å²) in [7, 11) is 0. The molecule has 0 fully saturated rings. The van der Waals surface area contributed by atoms with Crippen LogP contribution in [0.4, 0.5) is 5.95 Å². The molecule has 0 aliphatic heterocycles. The smallest absolute Gasteiger partial charge is 0.219 e. The second-order valence-electron chi connectivity index (χ2n) is 3.12. The van der Waals surface area contributed by atoms with E-state index in [1.54, 1.807) is 12.4 Å². The summed E-state index contributed by atoms with van der Waals surface area (Å²) < 4.78 is 0. The van der Waals surface area contributed by atoms with Crippen molar-refractivity contribution in [2.75, 3.05) is 12.3 Å². The minimum absolute atomic E-state index is 0.132. The topological polar surface area (TPSA) is 84.1 Å². The van der Waals surface area contributed by atoms with E-state index in [0.29, 0.717) is 6.54 Å². The number of nitrogens with one attached hydrogen (secondary N) is 1. The number of aliphatic hydroxyl groups excluding tert-OH is 1. The normalized spacial score (nSPS) is 12.7. The van der Waals surface area contributed by atoms with Crippen molar-refractivity contribution < 1.29 is 5.11 Å². The summed E-state index contributed by atoms with van der Waals surface area (Å²) in [4.78, 5) is 7.75. The molecule has 1 aromatic rings. The van der Waals surface area contributed by atoms with Crippen LogP contribution in [0.1, 0.15) is 18.9 Å². The van der Waals surface area contributed by atoms with Gasteiger partial charge in [0.2, 0.25) is 5.95 Å². The van der Waals surface area contributed by atoms with Gasteiger partial charge in [-0.3, -0.25) is 0 Å². The van der Waals surface area contributed by atoms with Crippen molar-refractivity contribution in [2.45, 2.75) is 25.9 Å². The number of hydrogen-bond acceptors (Lipinski definition) is 5. The molecular formula is C9H16N4O. The Kier molecular flexibility index (Phi) is 4.28. The molecule has 0 aromatic carbocycles. The zero-order valence-corrected chi connectivity index (χ0v) is 8.27. The molecule has 0 saturated carbocycles. The van der Waals surface area contributed by atoms with Gasteiger partial charge in [0, 0.05) is 30.5 Å². The highest BCUT2D eigenvalue weighted by atomic mass is 16.3. The average Bonchev–Trinajstić information content (AvgIpc) is 2.22. The van der Waals surface area contributed by atoms with Crippen molar-refractivity contribution in [1.29, 1.82) is 0 Å². The molecular weight excluding hydrogens is 180 g/mol. The van der Waals surface area contributed by atoms with Crippen LogP contribution in [0.25, 0.3) is 0 Å². The SMILES string of the molecule is CCC(CO)NCc1cnc(N)nc1. The molecule has 0 bridgehead atoms. The summed E-state index contributed by atoms with van der Waals surface area (Å²) in [6, 6.07) is 0.132. The molecule has 4 N–H and O–H groups in total. The molecule has 1 rings (SSSR count). The molecule has 0 radical (unpaired) electrons. The van der Waals surface area contributed by atoms with E-state index >= 15 is 0 Å². The van der Waals surface area contributed by atoms with Gasteiger partial charge in [0.25, 0.3) is 0 Å². The van der Waals surface area contributed by atoms with Crippen LogP contribution in [0.5, 0.6) is 0 Å². The lowest BCUT2D eigenvalue weighted by Crippen LogP contribution is -2.31. The van der Waals surface area contributed by atoms with Gasteiger partial charge in [-0.15, -0.1) is 0 Å². The van der Waals surface area contributed by atoms with E-state index in [9.17, 15) is 0 Å². The van der Waals surface area contributed by atoms with E-state index in [-0.39, 0.29) is 18.6 Å². The maximum atomic E-state index is 8.93. The van der Waals surface area contributed by atoms with Gasteiger partial charge in [-0.25, -0.2) is 9.97 Å². The van der Waals surface area contributed by atoms with E-state index in [1.807, 2.05) is 6.92 Å². The zero-order chi connectivity index (χ0) is 10.4. The van der Waals surface area contributed by atoms with Crippen LogP contribution in [-0.4, -0.2) is 27.7 Å². The fourth-order valence-electron chi connectivity index (χ4n) is 1.06. The molecule has 1 heterocycles. The van der Waals surface area contributed by atoms with Crippen molar-refractivity contribution in [3.63, 3.8) is 0 Å². The van der Waals surface area contributed by atoms with Crippen molar-refractivity contribution in [2.24, 2.45) is 0 Å². The predicted molar refractivity (Wildman–Crippen MR) is 54.4 cm³/mol. The Morgan fingerprint density at radius 1 is 1.50 bits per heavy atom. The number of aliphatic hydroxyl groups is 1. The molecule has 0 aliphatic carbocycles. The Morgan fingerprint density at radius 2 is 2.14 bits per heavy atom. The van der Waals surface area contributed by atoms with Gasteiger partial charge in [-0.05, 0) is 6.42 Å². The lowest BCUT2D eigenvalue weighted by molar-refractivity contribution is 0.238. The maximum Gasteiger partial charge on any atom is 0.219 e. The second-order valence-corrected chi connectivity index (χ2v) is 3.12. The van der Waals surface area contributed by atoms with Gasteiger partial charge in [-0.2, -0.15) is 0 Å². The molecule has 14 heavy (non-hydrogen) atoms. The molecule has 0 spiro atoms. The summed E-state index contributed by atoms with van der Waals surface area (Å²) in [5.41, 5.74) is 6.32. The highest BCUT2D eigenvalue weighted by Crippen LogP contribution is 1.98. The quantitative estimate of drug-likeness (QED) is 0.613. The standard InChI is InChI=1S/C9H16N4O/c1-2-8(6-14)11-3-7-4-12-9(10)13-5-7/h4-5,8,11,14H,2-3,6H2,1H3,(H2,10,12,13). The Bertz CT molecular complexity index is 258. The number of nitrogen functional groups attached to an aromatic ring is 1. The molecule has 0 amide bonds. The zero-order valence-electron chi connectivity index (χ0n) is 8.27. The van der Waals surface area contributed by atoms with Gasteiger partial charge >= 0.3 is 0 Å². The first-order valence-corrected chi connectivity index (χ1v) is 4.67. The highest BCUT2D eigenvalue weighted by molar-refractivity contribution is 5.16. The number of rotatable bonds is 5. The number of nitrogens with zero attached hydrogens (tertiary/aromatic N) is 2. The monoisotopic (exact) mass is 196 g/mol. The molecule has 0 saturated heterocycles. The third-order valence-electron chi connectivity index (χ3n) is 2.03. The van der Waals surface area contributed by atoms with E-state index < -0.39 is 0 Å². The first-order chi connectivity index (χ1) is 6.76. The molecule has 5 nitrogen and oxygen atoms in total. The van der Waals surface area contributed by atoms with Crippen molar-refractivity contribution in [3.8, 4) is 0 Å². The first kappa shape index (κ1) is 10.9. The van der Waals surface area contributed by atoms with E-state index in [0.717, 1.165) is 12.0 Å². The van der Waals surface area contributed by atoms with Crippen LogP contribution in [0.15, 0.2) is 12.4 Å². The number of anilines is 1. The van der Waals surface area contributed by atoms with Crippen molar-refractivity contribution in [3.05, 3.63) is 18.0 Å². The highest BCUT2D eigenvalue weighted by Gasteiger charge is 2.03. The Balaban J connectivity index is 2.41. The lowest BCUT2D eigenvalue weighted by atomic mass is 10.2. The fraction of sp³-hybridized carbons (Fsp3) is 0.556. The van der Waals surface area contributed by atoms with Gasteiger partial charge in [0.15, 0.2) is 0 Å². The Hall–Kier alpha value is -1.20. The van der Waals surface area contributed by atoms with Gasteiger partial charge in [0.1, 0.15) is 0 Å². The van der Waals surface area contributed by atoms with E-state index in [2.05, 4.69) is 15.3 Å². The van der Waals surface area contributed by atoms with Crippen molar-refractivity contribution >= 4 is 5.95 Å². The maximum absolute atomic E-state index is 8.93. The summed E-state index contributed by atoms with van der Waals surface area (Å²) in [6.45, 7) is 2.82. The Labute approximate surface area is 83.4 Å². The van der Waals surface area contributed by atoms with Gasteiger partial charge in [-0.1, -0.05) is 6.92 Å². The number of aromatic nitrogens is 2.